The third-order valence-corrected chi connectivity index (χ3v) is 1.03. The van der Waals surface area contributed by atoms with Crippen LogP contribution in [0.15, 0.2) is 30.3 Å². The zero-order valence-corrected chi connectivity index (χ0v) is 7.04. The highest BCUT2D eigenvalue weighted by Gasteiger charge is 1.81. The molecule has 0 atom stereocenters. The van der Waals surface area contributed by atoms with Crippen LogP contribution < -0.4 is 5.32 Å². The van der Waals surface area contributed by atoms with E-state index in [9.17, 15) is 0 Å². The Bertz CT molecular complexity index is 162. The van der Waals surface area contributed by atoms with E-state index in [0.717, 1.165) is 5.56 Å². The fourth-order valence-electron chi connectivity index (χ4n) is 0.583. The van der Waals surface area contributed by atoms with Gasteiger partial charge in [-0.1, -0.05) is 30.3 Å². The number of benzene rings is 1. The molecule has 0 amide bonds. The average molecular weight is 153 g/mol. The first-order valence-electron chi connectivity index (χ1n) is 3.58. The van der Waals surface area contributed by atoms with Crippen LogP contribution in [0, 0.1) is 0 Å². The highest BCUT2D eigenvalue weighted by molar-refractivity contribution is 5.12. The zero-order valence-electron chi connectivity index (χ0n) is 7.04. The van der Waals surface area contributed by atoms with Crippen molar-refractivity contribution in [3.8, 4) is 0 Å². The Morgan fingerprint density at radius 2 is 1.64 bits per heavy atom. The van der Waals surface area contributed by atoms with Gasteiger partial charge < -0.3 is 10.4 Å². The molecule has 0 bridgehead atoms. The Morgan fingerprint density at radius 1 is 1.18 bits per heavy atom. The molecule has 11 heavy (non-hydrogen) atoms. The van der Waals surface area contributed by atoms with Crippen LogP contribution in [0.25, 0.3) is 0 Å². The van der Waals surface area contributed by atoms with Gasteiger partial charge in [-0.25, -0.2) is 0 Å². The van der Waals surface area contributed by atoms with Crippen molar-refractivity contribution in [2.75, 3.05) is 14.1 Å². The number of aliphatic hydroxyl groups excluding tert-OH is 1. The van der Waals surface area contributed by atoms with E-state index in [1.807, 2.05) is 44.4 Å². The summed E-state index contributed by atoms with van der Waals surface area (Å²) in [7, 11) is 3.75. The van der Waals surface area contributed by atoms with Crippen molar-refractivity contribution in [1.82, 2.24) is 5.32 Å². The molecule has 2 nitrogen and oxygen atoms in total. The van der Waals surface area contributed by atoms with Crippen LogP contribution >= 0.6 is 0 Å². The zero-order chi connectivity index (χ0) is 8.53. The summed E-state index contributed by atoms with van der Waals surface area (Å²) in [4.78, 5) is 0. The molecule has 0 aliphatic carbocycles. The number of rotatable bonds is 1. The molecule has 0 heterocycles. The Morgan fingerprint density at radius 3 is 1.91 bits per heavy atom. The van der Waals surface area contributed by atoms with Crippen molar-refractivity contribution < 1.29 is 5.11 Å². The smallest absolute Gasteiger partial charge is 0.0681 e. The van der Waals surface area contributed by atoms with E-state index in [0.29, 0.717) is 0 Å². The van der Waals surface area contributed by atoms with Crippen molar-refractivity contribution >= 4 is 0 Å². The van der Waals surface area contributed by atoms with Gasteiger partial charge in [-0.15, -0.1) is 0 Å². The topological polar surface area (TPSA) is 32.3 Å². The van der Waals surface area contributed by atoms with Crippen LogP contribution in [-0.2, 0) is 6.61 Å². The standard InChI is InChI=1S/C7H8O.C2H7N/c8-6-7-4-2-1-3-5-7;1-3-2/h1-5,8H,6H2;3H,1-2H3. The molecule has 0 aliphatic rings. The first-order chi connectivity index (χ1) is 5.35. The van der Waals surface area contributed by atoms with Crippen molar-refractivity contribution in [1.29, 1.82) is 0 Å². The van der Waals surface area contributed by atoms with E-state index in [4.69, 9.17) is 5.11 Å². The Kier molecular flexibility index (Phi) is 6.68. The fourth-order valence-corrected chi connectivity index (χ4v) is 0.583. The lowest BCUT2D eigenvalue weighted by molar-refractivity contribution is 0.282. The van der Waals surface area contributed by atoms with Gasteiger partial charge in [-0.2, -0.15) is 0 Å². The molecular formula is C9H15NO. The minimum absolute atomic E-state index is 0.140. The van der Waals surface area contributed by atoms with Gasteiger partial charge in [-0.05, 0) is 19.7 Å². The molecule has 1 rings (SSSR count). The number of aliphatic hydroxyl groups is 1. The Hall–Kier alpha value is -0.860. The molecule has 2 N–H and O–H groups in total. The van der Waals surface area contributed by atoms with Crippen LogP contribution in [-0.4, -0.2) is 19.2 Å². The molecule has 0 aromatic heterocycles. The van der Waals surface area contributed by atoms with Gasteiger partial charge in [0.05, 0.1) is 6.61 Å². The first kappa shape index (κ1) is 10.1. The molecule has 1 aromatic rings. The van der Waals surface area contributed by atoms with Gasteiger partial charge in [0, 0.05) is 0 Å². The van der Waals surface area contributed by atoms with E-state index in [1.165, 1.54) is 0 Å². The van der Waals surface area contributed by atoms with Gasteiger partial charge in [-0.3, -0.25) is 0 Å². The van der Waals surface area contributed by atoms with E-state index in [-0.39, 0.29) is 6.61 Å². The van der Waals surface area contributed by atoms with Crippen LogP contribution in [0.2, 0.25) is 0 Å². The maximum absolute atomic E-state index is 8.54. The molecule has 0 aliphatic heterocycles. The summed E-state index contributed by atoms with van der Waals surface area (Å²) in [6.07, 6.45) is 0. The second-order valence-electron chi connectivity index (χ2n) is 2.14. The van der Waals surface area contributed by atoms with Crippen molar-refractivity contribution in [2.45, 2.75) is 6.61 Å². The molecule has 0 saturated heterocycles. The monoisotopic (exact) mass is 153 g/mol. The van der Waals surface area contributed by atoms with Gasteiger partial charge in [0.15, 0.2) is 0 Å². The molecule has 0 fully saturated rings. The summed E-state index contributed by atoms with van der Waals surface area (Å²) >= 11 is 0. The molecule has 62 valence electrons. The summed E-state index contributed by atoms with van der Waals surface area (Å²) in [6.45, 7) is 0.140. The molecule has 0 unspecified atom stereocenters. The minimum atomic E-state index is 0.140. The largest absolute Gasteiger partial charge is 0.392 e. The summed E-state index contributed by atoms with van der Waals surface area (Å²) in [5.41, 5.74) is 0.965. The summed E-state index contributed by atoms with van der Waals surface area (Å²) in [6, 6.07) is 9.52. The maximum atomic E-state index is 8.54. The normalized spacial score (nSPS) is 8.27. The van der Waals surface area contributed by atoms with Crippen LogP contribution in [0.3, 0.4) is 0 Å². The van der Waals surface area contributed by atoms with Gasteiger partial charge in [0.1, 0.15) is 0 Å². The summed E-state index contributed by atoms with van der Waals surface area (Å²) in [5, 5.41) is 11.3. The molecule has 0 radical (unpaired) electrons. The van der Waals surface area contributed by atoms with Crippen molar-refractivity contribution in [3.05, 3.63) is 35.9 Å². The lowest BCUT2D eigenvalue weighted by Crippen LogP contribution is -1.89. The minimum Gasteiger partial charge on any atom is -0.392 e. The quantitative estimate of drug-likeness (QED) is 0.631. The van der Waals surface area contributed by atoms with E-state index >= 15 is 0 Å². The molecule has 0 spiro atoms. The Labute approximate surface area is 67.9 Å². The van der Waals surface area contributed by atoms with Crippen molar-refractivity contribution in [3.63, 3.8) is 0 Å². The first-order valence-corrected chi connectivity index (χ1v) is 3.58. The molecular weight excluding hydrogens is 138 g/mol. The highest BCUT2D eigenvalue weighted by Crippen LogP contribution is 1.95. The highest BCUT2D eigenvalue weighted by atomic mass is 16.3. The lowest BCUT2D eigenvalue weighted by Gasteiger charge is -1.89. The predicted molar refractivity (Wildman–Crippen MR) is 47.3 cm³/mol. The molecule has 1 aromatic carbocycles. The second kappa shape index (κ2) is 7.25. The van der Waals surface area contributed by atoms with Gasteiger partial charge in [0.2, 0.25) is 0 Å². The number of hydrogen-bond acceptors (Lipinski definition) is 2. The average Bonchev–Trinajstić information content (AvgIpc) is 2.08. The molecule has 0 saturated carbocycles. The third kappa shape index (κ3) is 5.58. The summed E-state index contributed by atoms with van der Waals surface area (Å²) in [5.74, 6) is 0. The number of hydrogen-bond donors (Lipinski definition) is 2. The van der Waals surface area contributed by atoms with Crippen molar-refractivity contribution in [2.24, 2.45) is 0 Å². The number of nitrogens with one attached hydrogen (secondary N) is 1. The Balaban J connectivity index is 0.000000292. The van der Waals surface area contributed by atoms with Crippen LogP contribution in [0.4, 0.5) is 0 Å². The van der Waals surface area contributed by atoms with Gasteiger partial charge >= 0.3 is 0 Å². The van der Waals surface area contributed by atoms with E-state index in [2.05, 4.69) is 5.32 Å². The summed E-state index contributed by atoms with van der Waals surface area (Å²) < 4.78 is 0. The predicted octanol–water partition coefficient (Wildman–Crippen LogP) is 1.01. The third-order valence-electron chi connectivity index (χ3n) is 1.03. The van der Waals surface area contributed by atoms with Crippen LogP contribution in [0.5, 0.6) is 0 Å². The maximum Gasteiger partial charge on any atom is 0.0681 e. The lowest BCUT2D eigenvalue weighted by atomic mass is 10.2. The fraction of sp³-hybridized carbons (Fsp3) is 0.333. The molecule has 2 heteroatoms. The van der Waals surface area contributed by atoms with Gasteiger partial charge in [0.25, 0.3) is 0 Å². The SMILES string of the molecule is CNC.OCc1ccccc1. The van der Waals surface area contributed by atoms with Crippen LogP contribution in [0.1, 0.15) is 5.56 Å². The van der Waals surface area contributed by atoms with E-state index in [1.54, 1.807) is 0 Å². The van der Waals surface area contributed by atoms with E-state index < -0.39 is 0 Å². The second-order valence-corrected chi connectivity index (χ2v) is 2.14.